The minimum atomic E-state index is -4.35. The summed E-state index contributed by atoms with van der Waals surface area (Å²) in [4.78, 5) is 2.08. The van der Waals surface area contributed by atoms with Gasteiger partial charge in [-0.15, -0.1) is 0 Å². The zero-order chi connectivity index (χ0) is 24.1. The van der Waals surface area contributed by atoms with Crippen molar-refractivity contribution in [2.75, 3.05) is 37.2 Å². The van der Waals surface area contributed by atoms with E-state index in [-0.39, 0.29) is 6.10 Å². The minimum Gasteiger partial charge on any atom is -0.386 e. The van der Waals surface area contributed by atoms with Crippen molar-refractivity contribution in [2.45, 2.75) is 25.2 Å². The Morgan fingerprint density at radius 1 is 1.18 bits per heavy atom. The molecular weight excluding hydrogens is 455 g/mol. The second kappa shape index (κ2) is 10.6. The molecule has 1 fully saturated rings. The van der Waals surface area contributed by atoms with Crippen LogP contribution in [0.3, 0.4) is 0 Å². The fourth-order valence-corrected chi connectivity index (χ4v) is 4.19. The lowest BCUT2D eigenvalue weighted by molar-refractivity contribution is -0.137. The molecule has 1 atom stereocenters. The number of hydrogen-bond acceptors (Lipinski definition) is 5. The molecule has 0 saturated carbocycles. The van der Waals surface area contributed by atoms with Gasteiger partial charge in [0.15, 0.2) is 0 Å². The Morgan fingerprint density at radius 3 is 2.58 bits per heavy atom. The van der Waals surface area contributed by atoms with Crippen molar-refractivity contribution >= 4 is 15.7 Å². The molecule has 180 valence electrons. The number of hydrogen-bond donors (Lipinski definition) is 2. The standard InChI is InChI=1S/C23H28F3N3O3S/c1-17(12-18-6-8-21(9-7-18)28-33(2,30)31)27-14-22-16-29(10-11-32-22)15-19-4-3-5-20(13-19)23(24,25)26/h3-9,13,22,27-28H,1,10-12,14-16H2,2H3. The summed E-state index contributed by atoms with van der Waals surface area (Å²) in [6, 6.07) is 12.5. The number of allylic oxidation sites excluding steroid dienone is 1. The Hall–Kier alpha value is -2.56. The molecule has 0 aliphatic carbocycles. The van der Waals surface area contributed by atoms with Crippen LogP contribution < -0.4 is 10.0 Å². The van der Waals surface area contributed by atoms with Gasteiger partial charge in [-0.1, -0.05) is 36.9 Å². The van der Waals surface area contributed by atoms with Gasteiger partial charge in [-0.25, -0.2) is 8.42 Å². The summed E-state index contributed by atoms with van der Waals surface area (Å²) in [7, 11) is -3.32. The van der Waals surface area contributed by atoms with E-state index in [0.29, 0.717) is 50.5 Å². The fraction of sp³-hybridized carbons (Fsp3) is 0.391. The van der Waals surface area contributed by atoms with Gasteiger partial charge >= 0.3 is 6.18 Å². The molecule has 10 heteroatoms. The predicted molar refractivity (Wildman–Crippen MR) is 122 cm³/mol. The molecule has 0 spiro atoms. The molecule has 1 aliphatic rings. The molecule has 0 bridgehead atoms. The van der Waals surface area contributed by atoms with Crippen molar-refractivity contribution in [1.29, 1.82) is 0 Å². The van der Waals surface area contributed by atoms with Gasteiger partial charge in [0.2, 0.25) is 10.0 Å². The van der Waals surface area contributed by atoms with Crippen molar-refractivity contribution in [3.05, 3.63) is 77.5 Å². The van der Waals surface area contributed by atoms with Gasteiger partial charge in [-0.2, -0.15) is 13.2 Å². The summed E-state index contributed by atoms with van der Waals surface area (Å²) in [5, 5.41) is 3.26. The van der Waals surface area contributed by atoms with Crippen LogP contribution in [0.1, 0.15) is 16.7 Å². The quantitative estimate of drug-likeness (QED) is 0.570. The smallest absolute Gasteiger partial charge is 0.386 e. The maximum Gasteiger partial charge on any atom is 0.416 e. The average Bonchev–Trinajstić information content (AvgIpc) is 2.73. The van der Waals surface area contributed by atoms with Crippen LogP contribution >= 0.6 is 0 Å². The highest BCUT2D eigenvalue weighted by Crippen LogP contribution is 2.29. The molecule has 1 aliphatic heterocycles. The second-order valence-corrected chi connectivity index (χ2v) is 9.91. The second-order valence-electron chi connectivity index (χ2n) is 8.16. The number of anilines is 1. The van der Waals surface area contributed by atoms with Crippen LogP contribution in [0.15, 0.2) is 60.8 Å². The Labute approximate surface area is 192 Å². The van der Waals surface area contributed by atoms with E-state index in [1.54, 1.807) is 18.2 Å². The Morgan fingerprint density at radius 2 is 1.91 bits per heavy atom. The number of sulfonamides is 1. The van der Waals surface area contributed by atoms with Crippen molar-refractivity contribution in [3.63, 3.8) is 0 Å². The third kappa shape index (κ3) is 8.38. The topological polar surface area (TPSA) is 70.7 Å². The summed E-state index contributed by atoms with van der Waals surface area (Å²) < 4.78 is 69.6. The summed E-state index contributed by atoms with van der Waals surface area (Å²) in [6.45, 7) is 6.76. The number of nitrogens with zero attached hydrogens (tertiary/aromatic N) is 1. The number of alkyl halides is 3. The lowest BCUT2D eigenvalue weighted by atomic mass is 10.1. The van der Waals surface area contributed by atoms with Crippen LogP contribution in [0, 0.1) is 0 Å². The Balaban J connectivity index is 1.46. The number of ether oxygens (including phenoxy) is 1. The fourth-order valence-electron chi connectivity index (χ4n) is 3.62. The summed E-state index contributed by atoms with van der Waals surface area (Å²) in [5.74, 6) is 0. The molecule has 33 heavy (non-hydrogen) atoms. The molecule has 0 radical (unpaired) electrons. The maximum absolute atomic E-state index is 12.9. The highest BCUT2D eigenvalue weighted by Gasteiger charge is 2.30. The van der Waals surface area contributed by atoms with Crippen LogP contribution in [-0.2, 0) is 33.9 Å². The zero-order valence-electron chi connectivity index (χ0n) is 18.4. The number of halogens is 3. The van der Waals surface area contributed by atoms with Gasteiger partial charge in [-0.3, -0.25) is 9.62 Å². The summed E-state index contributed by atoms with van der Waals surface area (Å²) in [6.07, 6.45) is -2.79. The Kier molecular flexibility index (Phi) is 8.04. The highest BCUT2D eigenvalue weighted by molar-refractivity contribution is 7.92. The van der Waals surface area contributed by atoms with Crippen LogP contribution in [0.25, 0.3) is 0 Å². The normalized spacial score (nSPS) is 17.5. The average molecular weight is 484 g/mol. The van der Waals surface area contributed by atoms with Gasteiger partial charge in [0.05, 0.1) is 24.5 Å². The molecule has 1 unspecified atom stereocenters. The van der Waals surface area contributed by atoms with E-state index in [1.807, 2.05) is 12.1 Å². The van der Waals surface area contributed by atoms with E-state index in [1.165, 1.54) is 12.1 Å². The number of morpholine rings is 1. The lowest BCUT2D eigenvalue weighted by Crippen LogP contribution is -2.46. The molecule has 3 rings (SSSR count). The molecule has 2 aromatic carbocycles. The van der Waals surface area contributed by atoms with Gasteiger partial charge in [-0.05, 0) is 29.3 Å². The van der Waals surface area contributed by atoms with Crippen molar-refractivity contribution in [1.82, 2.24) is 10.2 Å². The minimum absolute atomic E-state index is 0.109. The van der Waals surface area contributed by atoms with E-state index in [9.17, 15) is 21.6 Å². The molecule has 1 heterocycles. The first-order valence-corrected chi connectivity index (χ1v) is 12.4. The number of nitrogens with one attached hydrogen (secondary N) is 2. The first-order valence-electron chi connectivity index (χ1n) is 10.5. The van der Waals surface area contributed by atoms with Crippen LogP contribution in [0.2, 0.25) is 0 Å². The highest BCUT2D eigenvalue weighted by atomic mass is 32.2. The van der Waals surface area contributed by atoms with E-state index in [2.05, 4.69) is 21.5 Å². The molecule has 0 aromatic heterocycles. The van der Waals surface area contributed by atoms with Crippen LogP contribution in [0.5, 0.6) is 0 Å². The lowest BCUT2D eigenvalue weighted by Gasteiger charge is -2.33. The van der Waals surface area contributed by atoms with Crippen molar-refractivity contribution in [2.24, 2.45) is 0 Å². The first kappa shape index (κ1) is 25.1. The third-order valence-corrected chi connectivity index (χ3v) is 5.74. The zero-order valence-corrected chi connectivity index (χ0v) is 19.2. The molecule has 2 aromatic rings. The molecular formula is C23H28F3N3O3S. The van der Waals surface area contributed by atoms with Gasteiger partial charge in [0, 0.05) is 44.0 Å². The van der Waals surface area contributed by atoms with E-state index in [0.717, 1.165) is 23.6 Å². The first-order chi connectivity index (χ1) is 15.5. The molecule has 0 amide bonds. The van der Waals surface area contributed by atoms with E-state index < -0.39 is 21.8 Å². The summed E-state index contributed by atoms with van der Waals surface area (Å²) >= 11 is 0. The summed E-state index contributed by atoms with van der Waals surface area (Å²) in [5.41, 5.74) is 2.25. The van der Waals surface area contributed by atoms with Crippen molar-refractivity contribution in [3.8, 4) is 0 Å². The molecule has 1 saturated heterocycles. The molecule has 6 nitrogen and oxygen atoms in total. The SMILES string of the molecule is C=C(Cc1ccc(NS(C)(=O)=O)cc1)NCC1CN(Cc2cccc(C(F)(F)F)c2)CCO1. The van der Waals surface area contributed by atoms with Crippen LogP contribution in [-0.4, -0.2) is 51.9 Å². The predicted octanol–water partition coefficient (Wildman–Crippen LogP) is 3.62. The number of rotatable bonds is 9. The maximum atomic E-state index is 12.9. The van der Waals surface area contributed by atoms with Crippen molar-refractivity contribution < 1.29 is 26.3 Å². The largest absolute Gasteiger partial charge is 0.416 e. The number of benzene rings is 2. The monoisotopic (exact) mass is 483 g/mol. The van der Waals surface area contributed by atoms with Crippen LogP contribution in [0.4, 0.5) is 18.9 Å². The molecule has 2 N–H and O–H groups in total. The van der Waals surface area contributed by atoms with E-state index in [4.69, 9.17) is 4.74 Å². The van der Waals surface area contributed by atoms with Gasteiger partial charge in [0.25, 0.3) is 0 Å². The van der Waals surface area contributed by atoms with E-state index >= 15 is 0 Å². The third-order valence-electron chi connectivity index (χ3n) is 5.14. The van der Waals surface area contributed by atoms with Gasteiger partial charge < -0.3 is 10.1 Å². The Bertz CT molecular complexity index is 1060. The van der Waals surface area contributed by atoms with Gasteiger partial charge in [0.1, 0.15) is 0 Å².